The molecule has 0 unspecified atom stereocenters. The maximum Gasteiger partial charge on any atom is 2.00 e. The first kappa shape index (κ1) is 45.9. The van der Waals surface area contributed by atoms with Gasteiger partial charge in [0.05, 0.1) is 0 Å². The van der Waals surface area contributed by atoms with Crippen LogP contribution in [0.25, 0.3) is 23.3 Å². The predicted octanol–water partition coefficient (Wildman–Crippen LogP) is 7.68. The summed E-state index contributed by atoms with van der Waals surface area (Å²) < 4.78 is 85.0. The molecule has 0 spiro atoms. The number of pyridine rings is 2. The normalized spacial score (nSPS) is 10.9. The van der Waals surface area contributed by atoms with Crippen LogP contribution in [0.1, 0.15) is 27.7 Å². The van der Waals surface area contributed by atoms with Crippen molar-refractivity contribution in [3.63, 3.8) is 0 Å². The number of halogens is 8. The van der Waals surface area contributed by atoms with E-state index in [9.17, 15) is 34.5 Å². The van der Waals surface area contributed by atoms with Gasteiger partial charge in [-0.25, -0.2) is 28.7 Å². The van der Waals surface area contributed by atoms with E-state index in [0.717, 1.165) is 33.1 Å². The Morgan fingerprint density at radius 2 is 0.692 bits per heavy atom. The van der Waals surface area contributed by atoms with Crippen LogP contribution in [0.2, 0.25) is 0 Å². The fraction of sp³-hybridized carbons (Fsp3) is 0.214. The summed E-state index contributed by atoms with van der Waals surface area (Å²) in [6.45, 7) is 8.69. The molecule has 282 valence electrons. The van der Waals surface area contributed by atoms with Gasteiger partial charge in [-0.05, 0) is 48.5 Å². The monoisotopic (exact) mass is 818 g/mol. The largest absolute Gasteiger partial charge is 2.00 e. The van der Waals surface area contributed by atoms with Crippen molar-refractivity contribution in [1.29, 1.82) is 0 Å². The van der Waals surface area contributed by atoms with Gasteiger partial charge in [0.1, 0.15) is 0 Å². The molecule has 0 aliphatic heterocycles. The zero-order valence-electron chi connectivity index (χ0n) is 27.7. The topological polar surface area (TPSA) is 129 Å². The van der Waals surface area contributed by atoms with Crippen LogP contribution in [0.15, 0.2) is 108 Å². The second kappa shape index (κ2) is 21.4. The van der Waals surface area contributed by atoms with Crippen molar-refractivity contribution in [3.05, 3.63) is 98.1 Å². The summed E-state index contributed by atoms with van der Waals surface area (Å²) in [6.07, 6.45) is 14.5. The maximum absolute atomic E-state index is 9.75. The molecule has 6 heterocycles. The molecular formula is C28H32B2F8FeN10OS2. The van der Waals surface area contributed by atoms with Crippen LogP contribution < -0.4 is 0 Å². The molecule has 0 bridgehead atoms. The van der Waals surface area contributed by atoms with Crippen molar-refractivity contribution in [2.75, 3.05) is 0 Å². The number of aromatic nitrogens is 10. The molecule has 0 aliphatic rings. The molecule has 0 atom stereocenters. The summed E-state index contributed by atoms with van der Waals surface area (Å²) in [5.41, 5.74) is 0. The van der Waals surface area contributed by atoms with Crippen molar-refractivity contribution in [1.82, 2.24) is 49.1 Å². The first-order valence-electron chi connectivity index (χ1n) is 14.6. The molecular weight excluding hydrogens is 786 g/mol. The van der Waals surface area contributed by atoms with Gasteiger partial charge in [-0.2, -0.15) is 20.4 Å². The molecule has 0 fully saturated rings. The van der Waals surface area contributed by atoms with Crippen molar-refractivity contribution in [3.8, 4) is 23.3 Å². The summed E-state index contributed by atoms with van der Waals surface area (Å²) in [5.74, 6) is 3.19. The minimum atomic E-state index is -6.00. The molecule has 11 nitrogen and oxygen atoms in total. The van der Waals surface area contributed by atoms with Crippen LogP contribution in [-0.4, -0.2) is 79.6 Å². The van der Waals surface area contributed by atoms with Gasteiger partial charge >= 0.3 is 31.6 Å². The molecule has 0 saturated carbocycles. The third-order valence-electron chi connectivity index (χ3n) is 5.24. The van der Waals surface area contributed by atoms with E-state index < -0.39 is 14.5 Å². The summed E-state index contributed by atoms with van der Waals surface area (Å²) in [4.78, 5) is 11.5. The molecule has 0 aromatic carbocycles. The van der Waals surface area contributed by atoms with E-state index >= 15 is 0 Å². The number of nitrogens with zero attached hydrogens (tertiary/aromatic N) is 10. The molecule has 24 heteroatoms. The van der Waals surface area contributed by atoms with E-state index in [1.165, 1.54) is 0 Å². The molecule has 52 heavy (non-hydrogen) atoms. The van der Waals surface area contributed by atoms with Gasteiger partial charge < -0.3 is 40.0 Å². The third kappa shape index (κ3) is 17.9. The Hall–Kier alpha value is -4.11. The zero-order chi connectivity index (χ0) is 36.9. The number of thioether (sulfide) groups is 2. The number of hydrogen-bond donors (Lipinski definition) is 0. The van der Waals surface area contributed by atoms with E-state index in [2.05, 4.69) is 58.1 Å². The van der Waals surface area contributed by atoms with Gasteiger partial charge in [-0.3, -0.25) is 0 Å². The molecule has 2 N–H and O–H groups in total. The first-order chi connectivity index (χ1) is 23.4. The van der Waals surface area contributed by atoms with E-state index in [1.807, 2.05) is 73.3 Å². The average Bonchev–Trinajstić information content (AvgIpc) is 3.83. The molecule has 0 aliphatic carbocycles. The van der Waals surface area contributed by atoms with Gasteiger partial charge in [0.2, 0.25) is 0 Å². The Labute approximate surface area is 312 Å². The van der Waals surface area contributed by atoms with Gasteiger partial charge in [0.15, 0.2) is 23.3 Å². The molecule has 6 aromatic rings. The Kier molecular flexibility index (Phi) is 18.9. The smallest absolute Gasteiger partial charge is 0.418 e. The predicted molar refractivity (Wildman–Crippen MR) is 183 cm³/mol. The molecule has 0 saturated heterocycles. The van der Waals surface area contributed by atoms with Crippen molar-refractivity contribution >= 4 is 38.0 Å². The maximum atomic E-state index is 9.75. The van der Waals surface area contributed by atoms with Gasteiger partial charge in [-0.1, -0.05) is 27.7 Å². The molecule has 6 rings (SSSR count). The fourth-order valence-electron chi connectivity index (χ4n) is 3.72. The van der Waals surface area contributed by atoms with E-state index in [-0.39, 0.29) is 22.5 Å². The zero-order valence-corrected chi connectivity index (χ0v) is 30.5. The summed E-state index contributed by atoms with van der Waals surface area (Å²) in [6, 6.07) is 15.7. The molecule has 0 radical (unpaired) electrons. The standard InChI is InChI=1S/2C14H15N5S.2BF4.Fe.H2O/c2*1-11(2)20-12-9-13(18-7-3-5-15-18)17-14(10-12)19-8-4-6-16-19;2*2-1(3,4)5;;/h2*3-11H,1-2H3;;;;1H2/q;;2*-1;+2;. The van der Waals surface area contributed by atoms with Crippen molar-refractivity contribution in [2.24, 2.45) is 0 Å². The minimum absolute atomic E-state index is 0. The van der Waals surface area contributed by atoms with Crippen LogP contribution in [0.4, 0.5) is 34.5 Å². The molecule has 6 aromatic heterocycles. The summed E-state index contributed by atoms with van der Waals surface area (Å²) in [7, 11) is -12.0. The quantitative estimate of drug-likeness (QED) is 0.0870. The Balaban J connectivity index is 0.000000402. The fourth-order valence-corrected chi connectivity index (χ4v) is 5.51. The van der Waals surface area contributed by atoms with E-state index in [4.69, 9.17) is 0 Å². The van der Waals surface area contributed by atoms with Crippen molar-refractivity contribution in [2.45, 2.75) is 48.0 Å². The van der Waals surface area contributed by atoms with Crippen LogP contribution in [0, 0.1) is 0 Å². The molecule has 0 amide bonds. The Bertz CT molecular complexity index is 1580. The Morgan fingerprint density at radius 3 is 0.846 bits per heavy atom. The van der Waals surface area contributed by atoms with E-state index in [1.54, 1.807) is 67.0 Å². The second-order valence-corrected chi connectivity index (χ2v) is 13.5. The summed E-state index contributed by atoms with van der Waals surface area (Å²) >= 11 is 3.60. The third-order valence-corrected chi connectivity index (χ3v) is 7.20. The van der Waals surface area contributed by atoms with Crippen LogP contribution in [0.3, 0.4) is 0 Å². The number of hydrogen-bond acceptors (Lipinski definition) is 8. The average molecular weight is 818 g/mol. The number of rotatable bonds is 8. The van der Waals surface area contributed by atoms with Crippen LogP contribution >= 0.6 is 23.5 Å². The SMILES string of the molecule is CC(C)Sc1cc(-n2cccn2)nc(-n2cccn2)c1.CC(C)Sc1cc(-n2cccn2)nc(-n2cccn2)c1.F[B-](F)(F)F.F[B-](F)(F)F.O.[Fe+2]. The van der Waals surface area contributed by atoms with Crippen LogP contribution in [-0.2, 0) is 17.1 Å². The van der Waals surface area contributed by atoms with Crippen molar-refractivity contribution < 1.29 is 57.1 Å². The minimum Gasteiger partial charge on any atom is -0.418 e. The van der Waals surface area contributed by atoms with Gasteiger partial charge in [-0.15, -0.1) is 23.5 Å². The first-order valence-corrected chi connectivity index (χ1v) is 16.3. The van der Waals surface area contributed by atoms with Gasteiger partial charge in [0.25, 0.3) is 0 Å². The Morgan fingerprint density at radius 1 is 0.481 bits per heavy atom. The van der Waals surface area contributed by atoms with E-state index in [0.29, 0.717) is 10.5 Å². The second-order valence-electron chi connectivity index (χ2n) is 10.2. The van der Waals surface area contributed by atoms with Crippen LogP contribution in [0.5, 0.6) is 0 Å². The van der Waals surface area contributed by atoms with Gasteiger partial charge in [0, 0.05) is 69.9 Å². The summed E-state index contributed by atoms with van der Waals surface area (Å²) in [5, 5.41) is 18.0.